The minimum Gasteiger partial charge on any atom is -0.264 e. The lowest BCUT2D eigenvalue weighted by Gasteiger charge is -2.09. The molecule has 0 spiro atoms. The Morgan fingerprint density at radius 2 is 1.67 bits per heavy atom. The molecule has 0 radical (unpaired) electrons. The number of halogens is 1. The summed E-state index contributed by atoms with van der Waals surface area (Å²) < 4.78 is 28.8. The second kappa shape index (κ2) is 5.43. The number of hydrogen-bond acceptors (Lipinski definition) is 3. The van der Waals surface area contributed by atoms with Crippen LogP contribution < -0.4 is 0 Å². The molecule has 0 fully saturated rings. The van der Waals surface area contributed by atoms with Gasteiger partial charge in [-0.25, -0.2) is 12.4 Å². The normalized spacial score (nSPS) is 12.1. The van der Waals surface area contributed by atoms with Crippen molar-refractivity contribution in [1.82, 2.24) is 8.96 Å². The van der Waals surface area contributed by atoms with Gasteiger partial charge in [-0.05, 0) is 43.3 Å². The smallest absolute Gasteiger partial charge is 0.264 e. The van der Waals surface area contributed by atoms with Gasteiger partial charge in [-0.1, -0.05) is 33.6 Å². The Labute approximate surface area is 147 Å². The summed E-state index contributed by atoms with van der Waals surface area (Å²) in [6, 6.07) is 14.2. The van der Waals surface area contributed by atoms with E-state index in [0.717, 1.165) is 20.8 Å². The molecule has 2 heterocycles. The van der Waals surface area contributed by atoms with Crippen LogP contribution in [-0.4, -0.2) is 17.4 Å². The highest BCUT2D eigenvalue weighted by Gasteiger charge is 2.23. The topological polar surface area (TPSA) is 52.0 Å². The van der Waals surface area contributed by atoms with Crippen molar-refractivity contribution >= 4 is 47.8 Å². The Morgan fingerprint density at radius 1 is 0.958 bits per heavy atom. The van der Waals surface area contributed by atoms with Crippen LogP contribution in [0.15, 0.2) is 70.3 Å². The minimum atomic E-state index is -3.70. The lowest BCUT2D eigenvalue weighted by molar-refractivity contribution is 0.590. The first-order valence-electron chi connectivity index (χ1n) is 7.34. The van der Waals surface area contributed by atoms with Gasteiger partial charge in [0.25, 0.3) is 10.0 Å². The number of nitrogens with zero attached hydrogens (tertiary/aromatic N) is 2. The SMILES string of the molecule is Cc1ccc(S(=O)(=O)n2c3ccncc3c3cc(Br)ccc32)cc1. The largest absolute Gasteiger partial charge is 0.268 e. The number of aromatic nitrogens is 2. The second-order valence-electron chi connectivity index (χ2n) is 5.64. The number of pyridine rings is 1. The summed E-state index contributed by atoms with van der Waals surface area (Å²) in [7, 11) is -3.70. The van der Waals surface area contributed by atoms with Gasteiger partial charge in [-0.3, -0.25) is 4.98 Å². The molecule has 6 heteroatoms. The molecule has 0 aliphatic rings. The lowest BCUT2D eigenvalue weighted by atomic mass is 10.2. The number of hydrogen-bond donors (Lipinski definition) is 0. The van der Waals surface area contributed by atoms with E-state index >= 15 is 0 Å². The maximum Gasteiger partial charge on any atom is 0.268 e. The molecule has 0 atom stereocenters. The second-order valence-corrected chi connectivity index (χ2v) is 8.34. The van der Waals surface area contributed by atoms with E-state index < -0.39 is 10.0 Å². The van der Waals surface area contributed by atoms with Gasteiger partial charge in [0.2, 0.25) is 0 Å². The van der Waals surface area contributed by atoms with Crippen molar-refractivity contribution in [2.24, 2.45) is 0 Å². The highest BCUT2D eigenvalue weighted by molar-refractivity contribution is 9.10. The van der Waals surface area contributed by atoms with Crippen LogP contribution in [0.2, 0.25) is 0 Å². The molecule has 4 aromatic rings. The monoisotopic (exact) mass is 400 g/mol. The predicted molar refractivity (Wildman–Crippen MR) is 98.7 cm³/mol. The molecular weight excluding hydrogens is 388 g/mol. The van der Waals surface area contributed by atoms with Crippen molar-refractivity contribution in [1.29, 1.82) is 0 Å². The molecule has 24 heavy (non-hydrogen) atoms. The maximum atomic E-state index is 13.2. The van der Waals surface area contributed by atoms with Crippen LogP contribution in [-0.2, 0) is 10.0 Å². The number of fused-ring (bicyclic) bond motifs is 3. The first-order valence-corrected chi connectivity index (χ1v) is 9.58. The van der Waals surface area contributed by atoms with Gasteiger partial charge in [-0.2, -0.15) is 0 Å². The molecule has 4 rings (SSSR count). The standard InChI is InChI=1S/C18H13BrN2O2S/c1-12-2-5-14(6-3-12)24(22,23)21-17-7-4-13(19)10-15(17)16-11-20-9-8-18(16)21/h2-11H,1H3. The van der Waals surface area contributed by atoms with Gasteiger partial charge < -0.3 is 0 Å². The zero-order chi connectivity index (χ0) is 16.9. The fraction of sp³-hybridized carbons (Fsp3) is 0.0556. The van der Waals surface area contributed by atoms with Crippen molar-refractivity contribution in [3.8, 4) is 0 Å². The van der Waals surface area contributed by atoms with E-state index in [1.807, 2.05) is 25.1 Å². The molecule has 2 aromatic heterocycles. The molecule has 4 nitrogen and oxygen atoms in total. The third-order valence-corrected chi connectivity index (χ3v) is 6.28. The molecule has 0 aliphatic heterocycles. The average Bonchev–Trinajstić information content (AvgIpc) is 2.90. The Balaban J connectivity index is 2.13. The van der Waals surface area contributed by atoms with Crippen molar-refractivity contribution in [2.75, 3.05) is 0 Å². The lowest BCUT2D eigenvalue weighted by Crippen LogP contribution is -2.12. The van der Waals surface area contributed by atoms with E-state index in [1.54, 1.807) is 42.7 Å². The Kier molecular flexibility index (Phi) is 3.47. The Bertz CT molecular complexity index is 1180. The molecule has 120 valence electrons. The zero-order valence-electron chi connectivity index (χ0n) is 12.8. The summed E-state index contributed by atoms with van der Waals surface area (Å²) in [5, 5.41) is 1.66. The van der Waals surface area contributed by atoms with E-state index in [2.05, 4.69) is 20.9 Å². The van der Waals surface area contributed by atoms with Crippen LogP contribution in [0.5, 0.6) is 0 Å². The summed E-state index contributed by atoms with van der Waals surface area (Å²) in [5.74, 6) is 0. The molecule has 0 saturated carbocycles. The van der Waals surface area contributed by atoms with Gasteiger partial charge in [0, 0.05) is 27.6 Å². The van der Waals surface area contributed by atoms with Crippen LogP contribution in [0.25, 0.3) is 21.8 Å². The minimum absolute atomic E-state index is 0.270. The van der Waals surface area contributed by atoms with Gasteiger partial charge in [0.05, 0.1) is 15.9 Å². The van der Waals surface area contributed by atoms with Gasteiger partial charge in [-0.15, -0.1) is 0 Å². The van der Waals surface area contributed by atoms with E-state index in [-0.39, 0.29) is 4.90 Å². The maximum absolute atomic E-state index is 13.2. The summed E-state index contributed by atoms with van der Waals surface area (Å²) in [6.07, 6.45) is 3.31. The molecule has 0 saturated heterocycles. The fourth-order valence-electron chi connectivity index (χ4n) is 2.88. The summed E-state index contributed by atoms with van der Waals surface area (Å²) in [5.41, 5.74) is 2.28. The molecule has 0 amide bonds. The molecule has 0 aliphatic carbocycles. The van der Waals surface area contributed by atoms with E-state index in [0.29, 0.717) is 11.0 Å². The highest BCUT2D eigenvalue weighted by Crippen LogP contribution is 2.33. The van der Waals surface area contributed by atoms with Crippen LogP contribution in [0.4, 0.5) is 0 Å². The van der Waals surface area contributed by atoms with E-state index in [9.17, 15) is 8.42 Å². The van der Waals surface area contributed by atoms with E-state index in [1.165, 1.54) is 3.97 Å². The van der Waals surface area contributed by atoms with Crippen LogP contribution >= 0.6 is 15.9 Å². The first kappa shape index (κ1) is 15.4. The van der Waals surface area contributed by atoms with Gasteiger partial charge in [0.15, 0.2) is 0 Å². The number of benzene rings is 2. The summed E-state index contributed by atoms with van der Waals surface area (Å²) >= 11 is 3.45. The molecule has 2 aromatic carbocycles. The zero-order valence-corrected chi connectivity index (χ0v) is 15.2. The first-order chi connectivity index (χ1) is 11.5. The van der Waals surface area contributed by atoms with Gasteiger partial charge in [0.1, 0.15) is 0 Å². The molecule has 0 N–H and O–H groups in total. The van der Waals surface area contributed by atoms with Crippen molar-refractivity contribution < 1.29 is 8.42 Å². The predicted octanol–water partition coefficient (Wildman–Crippen LogP) is 4.50. The molecule has 0 unspecified atom stereocenters. The van der Waals surface area contributed by atoms with Gasteiger partial charge >= 0.3 is 0 Å². The van der Waals surface area contributed by atoms with Crippen LogP contribution in [0.1, 0.15) is 5.56 Å². The van der Waals surface area contributed by atoms with Crippen molar-refractivity contribution in [2.45, 2.75) is 11.8 Å². The fourth-order valence-corrected chi connectivity index (χ4v) is 4.77. The summed E-state index contributed by atoms with van der Waals surface area (Å²) in [6.45, 7) is 1.93. The van der Waals surface area contributed by atoms with E-state index in [4.69, 9.17) is 0 Å². The highest BCUT2D eigenvalue weighted by atomic mass is 79.9. The van der Waals surface area contributed by atoms with Crippen LogP contribution in [0.3, 0.4) is 0 Å². The molecular formula is C18H13BrN2O2S. The van der Waals surface area contributed by atoms with Crippen molar-refractivity contribution in [3.63, 3.8) is 0 Å². The Hall–Kier alpha value is -2.18. The third kappa shape index (κ3) is 2.25. The van der Waals surface area contributed by atoms with Crippen LogP contribution in [0, 0.1) is 6.92 Å². The average molecular weight is 401 g/mol. The number of rotatable bonds is 2. The van der Waals surface area contributed by atoms with Crippen molar-refractivity contribution in [3.05, 3.63) is 71.0 Å². The molecule has 0 bridgehead atoms. The number of aryl methyl sites for hydroxylation is 1. The summed E-state index contributed by atoms with van der Waals surface area (Å²) in [4.78, 5) is 4.42. The third-order valence-electron chi connectivity index (χ3n) is 4.04. The quantitative estimate of drug-likeness (QED) is 0.497. The Morgan fingerprint density at radius 3 is 2.42 bits per heavy atom.